The minimum Gasteiger partial charge on any atom is -0.356 e. The Bertz CT molecular complexity index is 275. The molecule has 1 saturated heterocycles. The molecule has 0 aromatic rings. The van der Waals surface area contributed by atoms with Crippen molar-refractivity contribution in [3.63, 3.8) is 0 Å². The maximum Gasteiger partial charge on any atom is 0.220 e. The molecule has 3 fully saturated rings. The predicted molar refractivity (Wildman–Crippen MR) is 62.9 cm³/mol. The summed E-state index contributed by atoms with van der Waals surface area (Å²) in [5, 5.41) is 6.35. The quantitative estimate of drug-likeness (QED) is 0.749. The highest BCUT2D eigenvalue weighted by Crippen LogP contribution is 2.47. The molecule has 2 aliphatic carbocycles. The topological polar surface area (TPSA) is 41.1 Å². The number of amides is 1. The summed E-state index contributed by atoms with van der Waals surface area (Å²) in [5.41, 5.74) is 0. The number of nitrogens with one attached hydrogen (secondary N) is 2. The van der Waals surface area contributed by atoms with E-state index in [1.165, 1.54) is 25.7 Å². The van der Waals surface area contributed by atoms with Crippen LogP contribution in [-0.2, 0) is 4.79 Å². The predicted octanol–water partition coefficient (Wildman–Crippen LogP) is 1.15. The smallest absolute Gasteiger partial charge is 0.220 e. The van der Waals surface area contributed by atoms with Crippen molar-refractivity contribution in [1.82, 2.24) is 10.6 Å². The van der Waals surface area contributed by atoms with Crippen LogP contribution in [0, 0.1) is 23.7 Å². The Morgan fingerprint density at radius 3 is 2.69 bits per heavy atom. The largest absolute Gasteiger partial charge is 0.356 e. The highest BCUT2D eigenvalue weighted by Gasteiger charge is 2.39. The number of carbonyl (C=O) groups excluding carboxylic acids is 1. The molecule has 2 bridgehead atoms. The van der Waals surface area contributed by atoms with Gasteiger partial charge in [-0.2, -0.15) is 0 Å². The zero-order valence-electron chi connectivity index (χ0n) is 9.87. The van der Waals surface area contributed by atoms with E-state index >= 15 is 0 Å². The lowest BCUT2D eigenvalue weighted by molar-refractivity contribution is -0.122. The lowest BCUT2D eigenvalue weighted by atomic mass is 9.89. The van der Waals surface area contributed by atoms with Crippen LogP contribution >= 0.6 is 0 Å². The number of hydrogen-bond donors (Lipinski definition) is 2. The van der Waals surface area contributed by atoms with Gasteiger partial charge in [-0.3, -0.25) is 4.79 Å². The first-order valence-electron chi connectivity index (χ1n) is 6.78. The van der Waals surface area contributed by atoms with Crippen molar-refractivity contribution in [2.45, 2.75) is 32.1 Å². The molecule has 3 unspecified atom stereocenters. The third-order valence-electron chi connectivity index (χ3n) is 4.79. The van der Waals surface area contributed by atoms with E-state index in [0.717, 1.165) is 43.8 Å². The average Bonchev–Trinajstić information content (AvgIpc) is 2.82. The standard InChI is InChI=1S/C13H22N2O/c16-13(5-10-6-14-7-10)15-8-12-4-9-1-2-11(12)3-9/h9-12,14H,1-8H2,(H,15,16). The van der Waals surface area contributed by atoms with Gasteiger partial charge in [0.2, 0.25) is 5.91 Å². The molecule has 0 aromatic carbocycles. The molecule has 3 nitrogen and oxygen atoms in total. The van der Waals surface area contributed by atoms with Gasteiger partial charge in [0.1, 0.15) is 0 Å². The van der Waals surface area contributed by atoms with Gasteiger partial charge in [-0.05, 0) is 56.0 Å². The fourth-order valence-electron chi connectivity index (χ4n) is 3.70. The number of rotatable bonds is 4. The molecule has 0 spiro atoms. The minimum atomic E-state index is 0.272. The second-order valence-electron chi connectivity index (χ2n) is 5.97. The van der Waals surface area contributed by atoms with Crippen LogP contribution in [0.3, 0.4) is 0 Å². The van der Waals surface area contributed by atoms with Crippen LogP contribution in [0.2, 0.25) is 0 Å². The van der Waals surface area contributed by atoms with E-state index in [1.807, 2.05) is 0 Å². The zero-order chi connectivity index (χ0) is 11.0. The van der Waals surface area contributed by atoms with E-state index < -0.39 is 0 Å². The summed E-state index contributed by atoms with van der Waals surface area (Å²) in [7, 11) is 0. The summed E-state index contributed by atoms with van der Waals surface area (Å²) >= 11 is 0. The Morgan fingerprint density at radius 1 is 1.25 bits per heavy atom. The highest BCUT2D eigenvalue weighted by atomic mass is 16.1. The molecule has 3 aliphatic rings. The maximum absolute atomic E-state index is 11.7. The molecule has 2 N–H and O–H groups in total. The van der Waals surface area contributed by atoms with Crippen molar-refractivity contribution in [2.75, 3.05) is 19.6 Å². The zero-order valence-corrected chi connectivity index (χ0v) is 9.87. The number of carbonyl (C=O) groups is 1. The van der Waals surface area contributed by atoms with E-state index in [2.05, 4.69) is 10.6 Å². The molecule has 1 heterocycles. The van der Waals surface area contributed by atoms with Gasteiger partial charge in [0, 0.05) is 13.0 Å². The second kappa shape index (κ2) is 4.36. The molecule has 90 valence electrons. The molecule has 0 aromatic heterocycles. The molecule has 3 rings (SSSR count). The van der Waals surface area contributed by atoms with Crippen LogP contribution in [0.15, 0.2) is 0 Å². The van der Waals surface area contributed by atoms with E-state index in [0.29, 0.717) is 5.92 Å². The average molecular weight is 222 g/mol. The van der Waals surface area contributed by atoms with Crippen LogP contribution in [0.4, 0.5) is 0 Å². The fraction of sp³-hybridized carbons (Fsp3) is 0.923. The lowest BCUT2D eigenvalue weighted by Crippen LogP contribution is -2.45. The summed E-state index contributed by atoms with van der Waals surface area (Å²) in [4.78, 5) is 11.7. The van der Waals surface area contributed by atoms with Gasteiger partial charge in [0.05, 0.1) is 0 Å². The molecule has 3 atom stereocenters. The summed E-state index contributed by atoms with van der Waals surface area (Å²) in [6.45, 7) is 3.00. The number of hydrogen-bond acceptors (Lipinski definition) is 2. The van der Waals surface area contributed by atoms with E-state index in [9.17, 15) is 4.79 Å². The van der Waals surface area contributed by atoms with Gasteiger partial charge in [0.25, 0.3) is 0 Å². The van der Waals surface area contributed by atoms with Gasteiger partial charge >= 0.3 is 0 Å². The van der Waals surface area contributed by atoms with E-state index in [4.69, 9.17) is 0 Å². The first kappa shape index (κ1) is 10.6. The van der Waals surface area contributed by atoms with Gasteiger partial charge in [-0.1, -0.05) is 6.42 Å². The third-order valence-corrected chi connectivity index (χ3v) is 4.79. The Balaban J connectivity index is 1.37. The molecule has 1 amide bonds. The molecule has 0 radical (unpaired) electrons. The SMILES string of the molecule is O=C(CC1CNC1)NCC1CC2CCC1C2. The monoisotopic (exact) mass is 222 g/mol. The molecular weight excluding hydrogens is 200 g/mol. The molecule has 3 heteroatoms. The number of fused-ring (bicyclic) bond motifs is 2. The third kappa shape index (κ3) is 2.10. The summed E-state index contributed by atoms with van der Waals surface area (Å²) in [5.74, 6) is 3.58. The lowest BCUT2D eigenvalue weighted by Gasteiger charge is -2.27. The Kier molecular flexibility index (Phi) is 2.88. The Hall–Kier alpha value is -0.570. The van der Waals surface area contributed by atoms with Crippen LogP contribution in [0.1, 0.15) is 32.1 Å². The molecule has 16 heavy (non-hydrogen) atoms. The van der Waals surface area contributed by atoms with Gasteiger partial charge in [-0.25, -0.2) is 0 Å². The molecular formula is C13H22N2O. The maximum atomic E-state index is 11.7. The Morgan fingerprint density at radius 2 is 2.12 bits per heavy atom. The minimum absolute atomic E-state index is 0.272. The van der Waals surface area contributed by atoms with E-state index in [1.54, 1.807) is 0 Å². The summed E-state index contributed by atoms with van der Waals surface area (Å²) in [6.07, 6.45) is 6.40. The Labute approximate surface area is 97.4 Å². The van der Waals surface area contributed by atoms with Crippen molar-refractivity contribution in [1.29, 1.82) is 0 Å². The van der Waals surface area contributed by atoms with Crippen LogP contribution in [0.25, 0.3) is 0 Å². The van der Waals surface area contributed by atoms with Gasteiger partial charge in [-0.15, -0.1) is 0 Å². The molecule has 2 saturated carbocycles. The van der Waals surface area contributed by atoms with Crippen molar-refractivity contribution in [2.24, 2.45) is 23.7 Å². The molecule has 1 aliphatic heterocycles. The first-order chi connectivity index (χ1) is 7.81. The van der Waals surface area contributed by atoms with Gasteiger partial charge < -0.3 is 10.6 Å². The fourth-order valence-corrected chi connectivity index (χ4v) is 3.70. The van der Waals surface area contributed by atoms with Crippen LogP contribution in [-0.4, -0.2) is 25.5 Å². The van der Waals surface area contributed by atoms with Crippen molar-refractivity contribution >= 4 is 5.91 Å². The summed E-state index contributed by atoms with van der Waals surface area (Å²) in [6, 6.07) is 0. The van der Waals surface area contributed by atoms with E-state index in [-0.39, 0.29) is 5.91 Å². The van der Waals surface area contributed by atoms with Gasteiger partial charge in [0.15, 0.2) is 0 Å². The van der Waals surface area contributed by atoms with Crippen molar-refractivity contribution in [3.05, 3.63) is 0 Å². The summed E-state index contributed by atoms with van der Waals surface area (Å²) < 4.78 is 0. The van der Waals surface area contributed by atoms with Crippen LogP contribution < -0.4 is 10.6 Å². The van der Waals surface area contributed by atoms with Crippen LogP contribution in [0.5, 0.6) is 0 Å². The highest BCUT2D eigenvalue weighted by molar-refractivity contribution is 5.76. The van der Waals surface area contributed by atoms with Crippen molar-refractivity contribution < 1.29 is 4.79 Å². The van der Waals surface area contributed by atoms with Crippen molar-refractivity contribution in [3.8, 4) is 0 Å². The first-order valence-corrected chi connectivity index (χ1v) is 6.78. The second-order valence-corrected chi connectivity index (χ2v) is 5.97. The normalized spacial score (nSPS) is 37.4.